The predicted molar refractivity (Wildman–Crippen MR) is 88.6 cm³/mol. The maximum absolute atomic E-state index is 13.3. The molecule has 0 aliphatic rings. The highest BCUT2D eigenvalue weighted by molar-refractivity contribution is 5.83. The fraction of sp³-hybridized carbons (Fsp3) is 0.167. The summed E-state index contributed by atoms with van der Waals surface area (Å²) in [5.41, 5.74) is 2.94. The predicted octanol–water partition coefficient (Wildman–Crippen LogP) is 3.35. The molecule has 0 spiro atoms. The van der Waals surface area contributed by atoms with Gasteiger partial charge in [0.25, 0.3) is 0 Å². The van der Waals surface area contributed by atoms with Gasteiger partial charge in [0.1, 0.15) is 5.82 Å². The van der Waals surface area contributed by atoms with Gasteiger partial charge in [0.2, 0.25) is 0 Å². The minimum absolute atomic E-state index is 0.208. The number of nitrogens with one attached hydrogen (secondary N) is 3. The standard InChI is InChI=1S/C18H18FN3O/c19-15-6-7-17-16(10-15)14(12-21-17)8-9-20-18(23)22-11-13-4-2-1-3-5-13/h1-7,10,12,21H,8-9,11H2,(H2,20,22,23). The summed E-state index contributed by atoms with van der Waals surface area (Å²) in [6.07, 6.45) is 2.50. The average Bonchev–Trinajstić information content (AvgIpc) is 2.96. The Morgan fingerprint density at radius 2 is 1.91 bits per heavy atom. The number of aromatic nitrogens is 1. The summed E-state index contributed by atoms with van der Waals surface area (Å²) in [6, 6.07) is 14.2. The molecule has 3 rings (SSSR count). The van der Waals surface area contributed by atoms with E-state index in [4.69, 9.17) is 0 Å². The molecule has 0 saturated heterocycles. The van der Waals surface area contributed by atoms with E-state index < -0.39 is 0 Å². The van der Waals surface area contributed by atoms with Gasteiger partial charge in [-0.05, 0) is 35.7 Å². The van der Waals surface area contributed by atoms with Gasteiger partial charge in [-0.25, -0.2) is 9.18 Å². The number of halogens is 1. The number of aromatic amines is 1. The van der Waals surface area contributed by atoms with Crippen LogP contribution in [0.4, 0.5) is 9.18 Å². The zero-order valence-corrected chi connectivity index (χ0v) is 12.6. The minimum Gasteiger partial charge on any atom is -0.361 e. The van der Waals surface area contributed by atoms with Gasteiger partial charge >= 0.3 is 6.03 Å². The number of fused-ring (bicyclic) bond motifs is 1. The molecular weight excluding hydrogens is 293 g/mol. The normalized spacial score (nSPS) is 10.7. The summed E-state index contributed by atoms with van der Waals surface area (Å²) in [6.45, 7) is 0.981. The molecule has 0 bridgehead atoms. The molecule has 1 heterocycles. The molecule has 0 aliphatic carbocycles. The van der Waals surface area contributed by atoms with Crippen molar-refractivity contribution in [1.82, 2.24) is 15.6 Å². The first-order valence-electron chi connectivity index (χ1n) is 7.53. The Hall–Kier alpha value is -2.82. The maximum Gasteiger partial charge on any atom is 0.315 e. The molecule has 0 fully saturated rings. The molecule has 0 atom stereocenters. The van der Waals surface area contributed by atoms with E-state index in [1.54, 1.807) is 6.07 Å². The Kier molecular flexibility index (Phi) is 4.57. The van der Waals surface area contributed by atoms with Gasteiger partial charge in [-0.3, -0.25) is 0 Å². The van der Waals surface area contributed by atoms with E-state index in [2.05, 4.69) is 15.6 Å². The van der Waals surface area contributed by atoms with Crippen LogP contribution in [0.15, 0.2) is 54.7 Å². The Balaban J connectivity index is 1.48. The van der Waals surface area contributed by atoms with E-state index in [1.807, 2.05) is 36.5 Å². The van der Waals surface area contributed by atoms with Crippen LogP contribution >= 0.6 is 0 Å². The number of amides is 2. The number of H-pyrrole nitrogens is 1. The number of urea groups is 1. The van der Waals surface area contributed by atoms with Crippen LogP contribution in [0, 0.1) is 5.82 Å². The number of benzene rings is 2. The van der Waals surface area contributed by atoms with Crippen LogP contribution in [-0.4, -0.2) is 17.6 Å². The van der Waals surface area contributed by atoms with Gasteiger partial charge in [-0.15, -0.1) is 0 Å². The third kappa shape index (κ3) is 3.88. The van der Waals surface area contributed by atoms with E-state index in [-0.39, 0.29) is 11.8 Å². The molecule has 23 heavy (non-hydrogen) atoms. The van der Waals surface area contributed by atoms with Crippen molar-refractivity contribution < 1.29 is 9.18 Å². The van der Waals surface area contributed by atoms with E-state index in [1.165, 1.54) is 12.1 Å². The number of hydrogen-bond acceptors (Lipinski definition) is 1. The lowest BCUT2D eigenvalue weighted by Crippen LogP contribution is -2.36. The Labute approximate surface area is 133 Å². The first kappa shape index (κ1) is 15.1. The second kappa shape index (κ2) is 6.96. The molecule has 0 saturated carbocycles. The molecule has 5 heteroatoms. The van der Waals surface area contributed by atoms with Gasteiger partial charge in [-0.2, -0.15) is 0 Å². The van der Waals surface area contributed by atoms with Crippen LogP contribution < -0.4 is 10.6 Å². The van der Waals surface area contributed by atoms with Gasteiger partial charge < -0.3 is 15.6 Å². The lowest BCUT2D eigenvalue weighted by molar-refractivity contribution is 0.240. The summed E-state index contributed by atoms with van der Waals surface area (Å²) >= 11 is 0. The smallest absolute Gasteiger partial charge is 0.315 e. The molecule has 0 unspecified atom stereocenters. The minimum atomic E-state index is -0.257. The van der Waals surface area contributed by atoms with Gasteiger partial charge in [-0.1, -0.05) is 30.3 Å². The summed E-state index contributed by atoms with van der Waals surface area (Å²) in [5, 5.41) is 6.48. The fourth-order valence-corrected chi connectivity index (χ4v) is 2.51. The van der Waals surface area contributed by atoms with Crippen molar-refractivity contribution in [3.8, 4) is 0 Å². The highest BCUT2D eigenvalue weighted by atomic mass is 19.1. The summed E-state index contributed by atoms with van der Waals surface area (Å²) in [7, 11) is 0. The van der Waals surface area contributed by atoms with E-state index >= 15 is 0 Å². The molecule has 0 aliphatic heterocycles. The highest BCUT2D eigenvalue weighted by Crippen LogP contribution is 2.19. The quantitative estimate of drug-likeness (QED) is 0.665. The van der Waals surface area contributed by atoms with Crippen molar-refractivity contribution in [2.75, 3.05) is 6.54 Å². The number of carbonyl (C=O) groups is 1. The van der Waals surface area contributed by atoms with Gasteiger partial charge in [0.05, 0.1) is 0 Å². The first-order valence-corrected chi connectivity index (χ1v) is 7.53. The third-order valence-electron chi connectivity index (χ3n) is 3.71. The number of hydrogen-bond donors (Lipinski definition) is 3. The number of rotatable bonds is 5. The van der Waals surface area contributed by atoms with Crippen LogP contribution in [0.3, 0.4) is 0 Å². The summed E-state index contributed by atoms with van der Waals surface area (Å²) in [5.74, 6) is -0.257. The third-order valence-corrected chi connectivity index (χ3v) is 3.71. The molecule has 3 N–H and O–H groups in total. The van der Waals surface area contributed by atoms with Crippen LogP contribution in [0.25, 0.3) is 10.9 Å². The topological polar surface area (TPSA) is 56.9 Å². The first-order chi connectivity index (χ1) is 11.2. The van der Waals surface area contributed by atoms with Crippen LogP contribution in [0.1, 0.15) is 11.1 Å². The Morgan fingerprint density at radius 3 is 2.74 bits per heavy atom. The maximum atomic E-state index is 13.3. The summed E-state index contributed by atoms with van der Waals surface area (Å²) < 4.78 is 13.3. The van der Waals surface area contributed by atoms with E-state index in [0.717, 1.165) is 22.0 Å². The van der Waals surface area contributed by atoms with Crippen molar-refractivity contribution in [2.45, 2.75) is 13.0 Å². The monoisotopic (exact) mass is 311 g/mol. The lowest BCUT2D eigenvalue weighted by atomic mass is 10.1. The zero-order valence-electron chi connectivity index (χ0n) is 12.6. The Bertz CT molecular complexity index is 798. The van der Waals surface area contributed by atoms with Gasteiger partial charge in [0.15, 0.2) is 0 Å². The SMILES string of the molecule is O=C(NCCc1c[nH]c2ccc(F)cc12)NCc1ccccc1. The second-order valence-corrected chi connectivity index (χ2v) is 5.35. The highest BCUT2D eigenvalue weighted by Gasteiger charge is 2.06. The van der Waals surface area contributed by atoms with Crippen LogP contribution in [0.5, 0.6) is 0 Å². The zero-order chi connectivity index (χ0) is 16.1. The molecule has 2 aromatic carbocycles. The second-order valence-electron chi connectivity index (χ2n) is 5.35. The summed E-state index contributed by atoms with van der Waals surface area (Å²) in [4.78, 5) is 14.9. The van der Waals surface area contributed by atoms with Gasteiger partial charge in [0, 0.05) is 30.2 Å². The Morgan fingerprint density at radius 1 is 1.09 bits per heavy atom. The lowest BCUT2D eigenvalue weighted by Gasteiger charge is -2.07. The van der Waals surface area contributed by atoms with Crippen molar-refractivity contribution in [2.24, 2.45) is 0 Å². The van der Waals surface area contributed by atoms with Crippen molar-refractivity contribution in [3.05, 3.63) is 71.7 Å². The molecule has 2 amide bonds. The molecule has 1 aromatic heterocycles. The van der Waals surface area contributed by atoms with E-state index in [0.29, 0.717) is 19.5 Å². The average molecular weight is 311 g/mol. The van der Waals surface area contributed by atoms with Crippen LogP contribution in [-0.2, 0) is 13.0 Å². The van der Waals surface area contributed by atoms with Crippen molar-refractivity contribution in [3.63, 3.8) is 0 Å². The number of carbonyl (C=O) groups excluding carboxylic acids is 1. The molecular formula is C18H18FN3O. The van der Waals surface area contributed by atoms with Crippen molar-refractivity contribution in [1.29, 1.82) is 0 Å². The molecule has 118 valence electrons. The molecule has 3 aromatic rings. The molecule has 0 radical (unpaired) electrons. The van der Waals surface area contributed by atoms with E-state index in [9.17, 15) is 9.18 Å². The molecule has 4 nitrogen and oxygen atoms in total. The van der Waals surface area contributed by atoms with Crippen molar-refractivity contribution >= 4 is 16.9 Å². The largest absolute Gasteiger partial charge is 0.361 e. The fourth-order valence-electron chi connectivity index (χ4n) is 2.51. The van der Waals surface area contributed by atoms with Crippen LogP contribution in [0.2, 0.25) is 0 Å².